The van der Waals surface area contributed by atoms with Crippen LogP contribution in [0.25, 0.3) is 0 Å². The molecule has 1 heterocycles. The van der Waals surface area contributed by atoms with Crippen molar-refractivity contribution in [3.63, 3.8) is 0 Å². The van der Waals surface area contributed by atoms with Crippen molar-refractivity contribution in [2.75, 3.05) is 13.9 Å². The standard InChI is InChI=1S/C17H12BrClFNO3/c1-22-9-23-16-13-12(7-11(20)15(19)14(13)18)24-17(16,8-21)10-5-3-2-4-6-10/h2-7,16H,9H2,1H3/t16-,17+/m0/s1. The van der Waals surface area contributed by atoms with Gasteiger partial charge in [0.25, 0.3) is 0 Å². The van der Waals surface area contributed by atoms with Gasteiger partial charge in [0.15, 0.2) is 0 Å². The summed E-state index contributed by atoms with van der Waals surface area (Å²) in [4.78, 5) is 0. The molecular weight excluding hydrogens is 401 g/mol. The summed E-state index contributed by atoms with van der Waals surface area (Å²) in [7, 11) is 1.47. The van der Waals surface area contributed by atoms with Gasteiger partial charge in [-0.25, -0.2) is 4.39 Å². The number of nitrogens with zero attached hydrogens (tertiary/aromatic N) is 1. The molecule has 2 aromatic carbocycles. The Morgan fingerprint density at radius 2 is 2.12 bits per heavy atom. The molecule has 1 aliphatic heterocycles. The zero-order valence-corrected chi connectivity index (χ0v) is 14.9. The third-order valence-electron chi connectivity index (χ3n) is 3.79. The van der Waals surface area contributed by atoms with Gasteiger partial charge in [-0.2, -0.15) is 5.26 Å². The lowest BCUT2D eigenvalue weighted by molar-refractivity contribution is -0.118. The van der Waals surface area contributed by atoms with E-state index in [2.05, 4.69) is 22.0 Å². The largest absolute Gasteiger partial charge is 0.464 e. The Bertz CT molecular complexity index is 812. The third kappa shape index (κ3) is 2.58. The van der Waals surface area contributed by atoms with Gasteiger partial charge in [-0.3, -0.25) is 0 Å². The van der Waals surface area contributed by atoms with Crippen LogP contribution in [0.3, 0.4) is 0 Å². The molecular formula is C17H12BrClFNO3. The number of hydrogen-bond donors (Lipinski definition) is 0. The Balaban J connectivity index is 2.21. The van der Waals surface area contributed by atoms with Gasteiger partial charge in [-0.05, 0) is 15.9 Å². The molecule has 2 atom stereocenters. The van der Waals surface area contributed by atoms with E-state index >= 15 is 0 Å². The number of halogens is 3. The first-order chi connectivity index (χ1) is 11.5. The number of ether oxygens (including phenoxy) is 3. The van der Waals surface area contributed by atoms with E-state index in [9.17, 15) is 9.65 Å². The second-order valence-electron chi connectivity index (χ2n) is 5.17. The molecule has 4 nitrogen and oxygen atoms in total. The van der Waals surface area contributed by atoms with Gasteiger partial charge >= 0.3 is 0 Å². The molecule has 124 valence electrons. The molecule has 0 aliphatic carbocycles. The fraction of sp³-hybridized carbons (Fsp3) is 0.235. The summed E-state index contributed by atoms with van der Waals surface area (Å²) in [6.45, 7) is -0.0643. The van der Waals surface area contributed by atoms with E-state index in [0.717, 1.165) is 6.07 Å². The predicted molar refractivity (Wildman–Crippen MR) is 89.2 cm³/mol. The van der Waals surface area contributed by atoms with Crippen LogP contribution in [0.1, 0.15) is 17.2 Å². The van der Waals surface area contributed by atoms with Gasteiger partial charge in [0.05, 0.1) is 5.02 Å². The van der Waals surface area contributed by atoms with Gasteiger partial charge < -0.3 is 14.2 Å². The fourth-order valence-corrected chi connectivity index (χ4v) is 3.47. The lowest BCUT2D eigenvalue weighted by Gasteiger charge is -2.28. The Kier molecular flexibility index (Phi) is 4.79. The summed E-state index contributed by atoms with van der Waals surface area (Å²) in [5.74, 6) is -0.440. The Morgan fingerprint density at radius 1 is 1.42 bits per heavy atom. The monoisotopic (exact) mass is 411 g/mol. The molecule has 0 radical (unpaired) electrons. The maximum atomic E-state index is 14.0. The van der Waals surface area contributed by atoms with Crippen molar-refractivity contribution in [2.45, 2.75) is 11.7 Å². The van der Waals surface area contributed by atoms with Crippen LogP contribution in [0, 0.1) is 17.1 Å². The smallest absolute Gasteiger partial charge is 0.249 e. The van der Waals surface area contributed by atoms with Crippen LogP contribution in [0.2, 0.25) is 5.02 Å². The van der Waals surface area contributed by atoms with Gasteiger partial charge in [0.2, 0.25) is 5.60 Å². The Labute approximate surface area is 151 Å². The minimum atomic E-state index is -1.47. The summed E-state index contributed by atoms with van der Waals surface area (Å²) in [5.41, 5.74) is -0.404. The summed E-state index contributed by atoms with van der Waals surface area (Å²) >= 11 is 9.28. The SMILES string of the molecule is COCO[C@H]1c2c(cc(F)c(Cl)c2Br)O[C@]1(C#N)c1ccccc1. The molecule has 2 aromatic rings. The molecule has 0 spiro atoms. The van der Waals surface area contributed by atoms with Crippen LogP contribution in [-0.2, 0) is 15.1 Å². The molecule has 0 N–H and O–H groups in total. The molecule has 0 fully saturated rings. The summed E-state index contributed by atoms with van der Waals surface area (Å²) in [5, 5.41) is 9.81. The molecule has 1 aliphatic rings. The highest BCUT2D eigenvalue weighted by Gasteiger charge is 2.53. The normalized spacial score (nSPS) is 21.9. The van der Waals surface area contributed by atoms with Crippen LogP contribution in [-0.4, -0.2) is 13.9 Å². The second kappa shape index (κ2) is 6.69. The molecule has 0 saturated carbocycles. The van der Waals surface area contributed by atoms with Crippen LogP contribution < -0.4 is 4.74 Å². The lowest BCUT2D eigenvalue weighted by Crippen LogP contribution is -2.35. The predicted octanol–water partition coefficient (Wildman–Crippen LogP) is 4.71. The van der Waals surface area contributed by atoms with E-state index in [4.69, 9.17) is 25.8 Å². The van der Waals surface area contributed by atoms with Crippen molar-refractivity contribution in [1.29, 1.82) is 5.26 Å². The third-order valence-corrected chi connectivity index (χ3v) is 5.21. The van der Waals surface area contributed by atoms with E-state index in [1.54, 1.807) is 24.3 Å². The van der Waals surface area contributed by atoms with Gasteiger partial charge in [0, 0.05) is 28.8 Å². The first-order valence-electron chi connectivity index (χ1n) is 6.99. The molecule has 0 aromatic heterocycles. The van der Waals surface area contributed by atoms with E-state index in [0.29, 0.717) is 15.6 Å². The number of hydrogen-bond acceptors (Lipinski definition) is 4. The van der Waals surface area contributed by atoms with Crippen molar-refractivity contribution in [3.8, 4) is 11.8 Å². The van der Waals surface area contributed by atoms with E-state index in [-0.39, 0.29) is 17.6 Å². The molecule has 7 heteroatoms. The first kappa shape index (κ1) is 17.2. The zero-order valence-electron chi connectivity index (χ0n) is 12.6. The van der Waals surface area contributed by atoms with Crippen molar-refractivity contribution in [3.05, 3.63) is 62.8 Å². The van der Waals surface area contributed by atoms with Crippen LogP contribution in [0.15, 0.2) is 40.9 Å². The van der Waals surface area contributed by atoms with Crippen molar-refractivity contribution in [1.82, 2.24) is 0 Å². The average Bonchev–Trinajstić information content (AvgIpc) is 2.93. The Morgan fingerprint density at radius 3 is 2.75 bits per heavy atom. The van der Waals surface area contributed by atoms with Gasteiger partial charge in [-0.1, -0.05) is 41.9 Å². The quantitative estimate of drug-likeness (QED) is 0.539. The van der Waals surface area contributed by atoms with E-state index < -0.39 is 17.5 Å². The molecule has 0 amide bonds. The summed E-state index contributed by atoms with van der Waals surface area (Å²) in [6, 6.07) is 12.2. The minimum absolute atomic E-state index is 0.0643. The van der Waals surface area contributed by atoms with Crippen LogP contribution in [0.4, 0.5) is 4.39 Å². The molecule has 3 rings (SSSR count). The van der Waals surface area contributed by atoms with Crippen molar-refractivity contribution >= 4 is 27.5 Å². The molecule has 24 heavy (non-hydrogen) atoms. The summed E-state index contributed by atoms with van der Waals surface area (Å²) < 4.78 is 30.9. The topological polar surface area (TPSA) is 51.5 Å². The molecule has 0 bridgehead atoms. The fourth-order valence-electron chi connectivity index (χ4n) is 2.73. The highest BCUT2D eigenvalue weighted by atomic mass is 79.9. The highest BCUT2D eigenvalue weighted by molar-refractivity contribution is 9.10. The number of methoxy groups -OCH3 is 1. The minimum Gasteiger partial charge on any atom is -0.464 e. The lowest BCUT2D eigenvalue weighted by atomic mass is 9.87. The molecule has 0 saturated heterocycles. The maximum Gasteiger partial charge on any atom is 0.249 e. The maximum absolute atomic E-state index is 14.0. The highest BCUT2D eigenvalue weighted by Crippen LogP contribution is 2.54. The first-order valence-corrected chi connectivity index (χ1v) is 8.16. The van der Waals surface area contributed by atoms with E-state index in [1.807, 2.05) is 6.07 Å². The van der Waals surface area contributed by atoms with Gasteiger partial charge in [0.1, 0.15) is 30.5 Å². The van der Waals surface area contributed by atoms with Crippen molar-refractivity contribution in [2.24, 2.45) is 0 Å². The zero-order chi connectivity index (χ0) is 17.3. The van der Waals surface area contributed by atoms with Gasteiger partial charge in [-0.15, -0.1) is 0 Å². The number of nitriles is 1. The van der Waals surface area contributed by atoms with Crippen molar-refractivity contribution < 1.29 is 18.6 Å². The molecule has 0 unspecified atom stereocenters. The number of rotatable bonds is 4. The number of fused-ring (bicyclic) bond motifs is 1. The van der Waals surface area contributed by atoms with Crippen LogP contribution >= 0.6 is 27.5 Å². The number of benzene rings is 2. The second-order valence-corrected chi connectivity index (χ2v) is 6.34. The summed E-state index contributed by atoms with van der Waals surface area (Å²) in [6.07, 6.45) is -0.840. The average molecular weight is 413 g/mol. The van der Waals surface area contributed by atoms with Crippen LogP contribution in [0.5, 0.6) is 5.75 Å². The van der Waals surface area contributed by atoms with E-state index in [1.165, 1.54) is 7.11 Å². The Hall–Kier alpha value is -1.65.